The number of fused-ring (bicyclic) bond motifs is 1. The van der Waals surface area contributed by atoms with Crippen LogP contribution in [0.2, 0.25) is 0 Å². The van der Waals surface area contributed by atoms with Gasteiger partial charge in [-0.2, -0.15) is 0 Å². The number of nitrogens with one attached hydrogen (secondary N) is 2. The molecule has 7 heteroatoms. The van der Waals surface area contributed by atoms with Crippen molar-refractivity contribution in [2.45, 2.75) is 26.3 Å². The second-order valence-corrected chi connectivity index (χ2v) is 8.35. The Hall–Kier alpha value is -3.45. The van der Waals surface area contributed by atoms with Gasteiger partial charge in [-0.3, -0.25) is 9.59 Å². The van der Waals surface area contributed by atoms with Crippen LogP contribution in [0.25, 0.3) is 10.2 Å². The van der Waals surface area contributed by atoms with Crippen LogP contribution in [0.4, 0.5) is 0 Å². The lowest BCUT2D eigenvalue weighted by molar-refractivity contribution is 0.0943. The van der Waals surface area contributed by atoms with Gasteiger partial charge in [-0.25, -0.2) is 4.98 Å². The van der Waals surface area contributed by atoms with E-state index in [0.29, 0.717) is 38.7 Å². The monoisotopic (exact) mass is 433 g/mol. The van der Waals surface area contributed by atoms with Gasteiger partial charge in [0.15, 0.2) is 0 Å². The third-order valence-electron chi connectivity index (χ3n) is 5.22. The average molecular weight is 434 g/mol. The molecule has 0 aliphatic carbocycles. The smallest absolute Gasteiger partial charge is 0.262 e. The Labute approximate surface area is 183 Å². The predicted molar refractivity (Wildman–Crippen MR) is 123 cm³/mol. The highest BCUT2D eigenvalue weighted by molar-refractivity contribution is 7.20. The topological polar surface area (TPSA) is 84.1 Å². The van der Waals surface area contributed by atoms with Crippen LogP contribution < -0.4 is 15.6 Å². The summed E-state index contributed by atoms with van der Waals surface area (Å²) in [5.74, 6) is 1.06. The van der Waals surface area contributed by atoms with Crippen LogP contribution in [0.15, 0.2) is 59.4 Å². The molecule has 6 nitrogen and oxygen atoms in total. The van der Waals surface area contributed by atoms with Crippen molar-refractivity contribution in [1.29, 1.82) is 0 Å². The highest BCUT2D eigenvalue weighted by Gasteiger charge is 2.22. The van der Waals surface area contributed by atoms with Gasteiger partial charge in [-0.05, 0) is 31.0 Å². The molecule has 0 aliphatic rings. The predicted octanol–water partition coefficient (Wildman–Crippen LogP) is 4.38. The molecule has 2 heterocycles. The lowest BCUT2D eigenvalue weighted by atomic mass is 10.1. The maximum Gasteiger partial charge on any atom is 0.262 e. The Bertz CT molecular complexity index is 1290. The van der Waals surface area contributed by atoms with E-state index < -0.39 is 0 Å². The van der Waals surface area contributed by atoms with Crippen molar-refractivity contribution in [3.63, 3.8) is 0 Å². The Kier molecular flexibility index (Phi) is 5.86. The number of methoxy groups -OCH3 is 1. The molecule has 0 bridgehead atoms. The minimum Gasteiger partial charge on any atom is -0.496 e. The molecule has 0 saturated heterocycles. The summed E-state index contributed by atoms with van der Waals surface area (Å²) in [6, 6.07) is 17.1. The number of thiophene rings is 1. The van der Waals surface area contributed by atoms with Crippen molar-refractivity contribution in [2.75, 3.05) is 7.11 Å². The minimum atomic E-state index is -0.256. The highest BCUT2D eigenvalue weighted by Crippen LogP contribution is 2.29. The van der Waals surface area contributed by atoms with Crippen LogP contribution in [-0.2, 0) is 6.42 Å². The van der Waals surface area contributed by atoms with Gasteiger partial charge in [0.1, 0.15) is 16.4 Å². The maximum atomic E-state index is 13.0. The van der Waals surface area contributed by atoms with Gasteiger partial charge in [0.25, 0.3) is 11.5 Å². The summed E-state index contributed by atoms with van der Waals surface area (Å²) in [7, 11) is 1.61. The number of H-pyrrole nitrogens is 1. The van der Waals surface area contributed by atoms with Crippen molar-refractivity contribution in [3.8, 4) is 5.75 Å². The molecular formula is C24H23N3O3S. The number of nitrogens with zero attached hydrogens (tertiary/aromatic N) is 1. The van der Waals surface area contributed by atoms with Gasteiger partial charge >= 0.3 is 0 Å². The number of amides is 1. The fourth-order valence-corrected chi connectivity index (χ4v) is 4.75. The second kappa shape index (κ2) is 8.73. The number of hydrogen-bond acceptors (Lipinski definition) is 5. The summed E-state index contributed by atoms with van der Waals surface area (Å²) < 4.78 is 5.40. The quantitative estimate of drug-likeness (QED) is 0.473. The summed E-state index contributed by atoms with van der Waals surface area (Å²) in [5.41, 5.74) is 2.37. The van der Waals surface area contributed by atoms with Gasteiger partial charge in [0.2, 0.25) is 0 Å². The lowest BCUT2D eigenvalue weighted by Gasteiger charge is -2.17. The van der Waals surface area contributed by atoms with Crippen molar-refractivity contribution in [1.82, 2.24) is 15.3 Å². The number of ether oxygens (including phenoxy) is 1. The number of carbonyl (C=O) groups is 1. The molecule has 0 radical (unpaired) electrons. The molecule has 0 aliphatic heterocycles. The Morgan fingerprint density at radius 2 is 1.87 bits per heavy atom. The third-order valence-corrected chi connectivity index (χ3v) is 6.41. The molecular weight excluding hydrogens is 410 g/mol. The fraction of sp³-hybridized carbons (Fsp3) is 0.208. The van der Waals surface area contributed by atoms with Crippen LogP contribution in [0, 0.1) is 6.92 Å². The number of carbonyl (C=O) groups excluding carboxylic acids is 1. The molecule has 2 aromatic heterocycles. The number of para-hydroxylation sites is 1. The van der Waals surface area contributed by atoms with E-state index in [-0.39, 0.29) is 17.5 Å². The van der Waals surface area contributed by atoms with Gasteiger partial charge in [0, 0.05) is 12.0 Å². The van der Waals surface area contributed by atoms with Crippen LogP contribution in [0.5, 0.6) is 5.75 Å². The molecule has 1 atom stereocenters. The number of aromatic amines is 1. The van der Waals surface area contributed by atoms with Gasteiger partial charge in [0.05, 0.1) is 23.4 Å². The van der Waals surface area contributed by atoms with Crippen molar-refractivity contribution in [3.05, 3.63) is 92.3 Å². The molecule has 0 spiro atoms. The van der Waals surface area contributed by atoms with Gasteiger partial charge < -0.3 is 15.0 Å². The standard InChI is InChI=1S/C24H23N3O3S/c1-14-20-22(28)26-19(13-16-9-5-4-6-10-16)27-24(20)31-21(14)23(29)25-15(2)17-11-7-8-12-18(17)30-3/h4-12,15H,13H2,1-3H3,(H,25,29)(H,26,27,28). The molecule has 2 N–H and O–H groups in total. The Morgan fingerprint density at radius 3 is 2.61 bits per heavy atom. The van der Waals surface area contributed by atoms with Crippen molar-refractivity contribution in [2.24, 2.45) is 0 Å². The largest absolute Gasteiger partial charge is 0.496 e. The van der Waals surface area contributed by atoms with Crippen molar-refractivity contribution < 1.29 is 9.53 Å². The van der Waals surface area contributed by atoms with Crippen LogP contribution in [0.3, 0.4) is 0 Å². The molecule has 158 valence electrons. The zero-order valence-corrected chi connectivity index (χ0v) is 18.4. The van der Waals surface area contributed by atoms with Gasteiger partial charge in [-0.1, -0.05) is 48.5 Å². The summed E-state index contributed by atoms with van der Waals surface area (Å²) in [6.45, 7) is 3.69. The first-order chi connectivity index (χ1) is 15.0. The van der Waals surface area contributed by atoms with E-state index in [4.69, 9.17) is 4.74 Å². The van der Waals surface area contributed by atoms with E-state index in [1.165, 1.54) is 11.3 Å². The Balaban J connectivity index is 1.63. The van der Waals surface area contributed by atoms with Crippen LogP contribution in [-0.4, -0.2) is 23.0 Å². The molecule has 1 unspecified atom stereocenters. The normalized spacial score (nSPS) is 12.0. The number of rotatable bonds is 6. The summed E-state index contributed by atoms with van der Waals surface area (Å²) in [5, 5.41) is 3.48. The molecule has 4 rings (SSSR count). The first kappa shape index (κ1) is 20.8. The lowest BCUT2D eigenvalue weighted by Crippen LogP contribution is -2.26. The van der Waals surface area contributed by atoms with E-state index in [1.54, 1.807) is 14.0 Å². The zero-order valence-electron chi connectivity index (χ0n) is 17.6. The average Bonchev–Trinajstić information content (AvgIpc) is 3.11. The molecule has 1 amide bonds. The SMILES string of the molecule is COc1ccccc1C(C)NC(=O)c1sc2nc(Cc3ccccc3)[nH]c(=O)c2c1C. The molecule has 0 fully saturated rings. The van der Waals surface area contributed by atoms with E-state index in [0.717, 1.165) is 11.1 Å². The summed E-state index contributed by atoms with van der Waals surface area (Å²) in [4.78, 5) is 34.3. The van der Waals surface area contributed by atoms with Crippen molar-refractivity contribution >= 4 is 27.5 Å². The zero-order chi connectivity index (χ0) is 22.0. The summed E-state index contributed by atoms with van der Waals surface area (Å²) in [6.07, 6.45) is 0.523. The molecule has 0 saturated carbocycles. The van der Waals surface area contributed by atoms with Crippen LogP contribution >= 0.6 is 11.3 Å². The highest BCUT2D eigenvalue weighted by atomic mass is 32.1. The molecule has 4 aromatic rings. The van der Waals surface area contributed by atoms with Gasteiger partial charge in [-0.15, -0.1) is 11.3 Å². The fourth-order valence-electron chi connectivity index (χ4n) is 3.64. The van der Waals surface area contributed by atoms with E-state index in [2.05, 4.69) is 15.3 Å². The number of aryl methyl sites for hydroxylation is 1. The summed E-state index contributed by atoms with van der Waals surface area (Å²) >= 11 is 1.24. The van der Waals surface area contributed by atoms with E-state index in [9.17, 15) is 9.59 Å². The van der Waals surface area contributed by atoms with E-state index >= 15 is 0 Å². The van der Waals surface area contributed by atoms with Crippen LogP contribution in [0.1, 0.15) is 45.2 Å². The first-order valence-corrected chi connectivity index (χ1v) is 10.8. The maximum absolute atomic E-state index is 13.0. The Morgan fingerprint density at radius 1 is 1.16 bits per heavy atom. The minimum absolute atomic E-state index is 0.221. The first-order valence-electron chi connectivity index (χ1n) is 9.98. The molecule has 2 aromatic carbocycles. The molecule has 31 heavy (non-hydrogen) atoms. The number of aromatic nitrogens is 2. The number of benzene rings is 2. The third kappa shape index (κ3) is 4.22. The second-order valence-electron chi connectivity index (χ2n) is 7.35. The van der Waals surface area contributed by atoms with E-state index in [1.807, 2.05) is 61.5 Å². The number of hydrogen-bond donors (Lipinski definition) is 2.